The van der Waals surface area contributed by atoms with Crippen LogP contribution in [0.1, 0.15) is 11.1 Å². The van der Waals surface area contributed by atoms with Crippen LogP contribution in [-0.4, -0.2) is 0 Å². The summed E-state index contributed by atoms with van der Waals surface area (Å²) in [6, 6.07) is 11.8. The first-order chi connectivity index (χ1) is 8.25. The zero-order valence-corrected chi connectivity index (χ0v) is 10.2. The second-order valence-electron chi connectivity index (χ2n) is 4.12. The van der Waals surface area contributed by atoms with Crippen molar-refractivity contribution in [2.24, 2.45) is 0 Å². The van der Waals surface area contributed by atoms with Gasteiger partial charge in [0.2, 0.25) is 0 Å². The molecule has 3 rings (SSSR count). The molecule has 2 nitrogen and oxygen atoms in total. The summed E-state index contributed by atoms with van der Waals surface area (Å²) in [6.07, 6.45) is 0. The molecule has 2 aromatic carbocycles. The normalized spacial score (nSPS) is 12.8. The largest absolute Gasteiger partial charge is 0.455 e. The van der Waals surface area contributed by atoms with Gasteiger partial charge in [0.15, 0.2) is 5.75 Å². The molecule has 1 aliphatic heterocycles. The Kier molecular flexibility index (Phi) is 2.45. The molecule has 0 bridgehead atoms. The number of nitrogens with one attached hydrogen (secondary N) is 1. The third-order valence-electron chi connectivity index (χ3n) is 2.95. The topological polar surface area (TPSA) is 21.3 Å². The lowest BCUT2D eigenvalue weighted by molar-refractivity contribution is 0.480. The van der Waals surface area contributed by atoms with Crippen LogP contribution >= 0.6 is 11.6 Å². The maximum absolute atomic E-state index is 6.21. The van der Waals surface area contributed by atoms with Crippen molar-refractivity contribution in [3.05, 3.63) is 52.5 Å². The van der Waals surface area contributed by atoms with Gasteiger partial charge in [-0.25, -0.2) is 0 Å². The van der Waals surface area contributed by atoms with E-state index in [2.05, 4.69) is 5.32 Å². The van der Waals surface area contributed by atoms with Crippen molar-refractivity contribution in [1.29, 1.82) is 0 Å². The summed E-state index contributed by atoms with van der Waals surface area (Å²) in [7, 11) is 0. The predicted octanol–water partition coefficient (Wildman–Crippen LogP) is 4.37. The molecule has 0 aliphatic carbocycles. The fraction of sp³-hybridized carbons (Fsp3) is 0.143. The van der Waals surface area contributed by atoms with E-state index in [4.69, 9.17) is 16.3 Å². The molecule has 2 aromatic rings. The van der Waals surface area contributed by atoms with Gasteiger partial charge in [-0.15, -0.1) is 0 Å². The van der Waals surface area contributed by atoms with Gasteiger partial charge in [0.1, 0.15) is 5.75 Å². The third-order valence-corrected chi connectivity index (χ3v) is 3.31. The lowest BCUT2D eigenvalue weighted by Crippen LogP contribution is -1.98. The van der Waals surface area contributed by atoms with E-state index in [9.17, 15) is 0 Å². The number of para-hydroxylation sites is 2. The molecule has 0 amide bonds. The van der Waals surface area contributed by atoms with Gasteiger partial charge >= 0.3 is 0 Å². The van der Waals surface area contributed by atoms with Gasteiger partial charge in [0, 0.05) is 17.1 Å². The Morgan fingerprint density at radius 1 is 1.18 bits per heavy atom. The van der Waals surface area contributed by atoms with Crippen molar-refractivity contribution in [3.8, 4) is 11.5 Å². The summed E-state index contributed by atoms with van der Waals surface area (Å²) in [5, 5.41) is 4.08. The molecule has 0 atom stereocenters. The second kappa shape index (κ2) is 3.97. The standard InChI is InChI=1S/C14H12ClNO/c1-9-6-7-11(15)10-8-16-12-4-2-3-5-13(12)17-14(9)10/h2-7,16H,8H2,1H3. The van der Waals surface area contributed by atoms with E-state index in [1.54, 1.807) is 0 Å². The Hall–Kier alpha value is -1.67. The first kappa shape index (κ1) is 10.5. The molecule has 1 heterocycles. The number of anilines is 1. The Morgan fingerprint density at radius 3 is 2.88 bits per heavy atom. The summed E-state index contributed by atoms with van der Waals surface area (Å²) in [5.74, 6) is 1.71. The SMILES string of the molecule is Cc1ccc(Cl)c2c1Oc1ccccc1NC2. The number of halogens is 1. The highest BCUT2D eigenvalue weighted by Crippen LogP contribution is 2.39. The van der Waals surface area contributed by atoms with E-state index in [1.165, 1.54) is 0 Å². The number of fused-ring (bicyclic) bond motifs is 2. The highest BCUT2D eigenvalue weighted by molar-refractivity contribution is 6.31. The van der Waals surface area contributed by atoms with Gasteiger partial charge in [0.25, 0.3) is 0 Å². The van der Waals surface area contributed by atoms with Crippen LogP contribution in [0.25, 0.3) is 0 Å². The molecule has 17 heavy (non-hydrogen) atoms. The number of ether oxygens (including phenoxy) is 1. The molecule has 86 valence electrons. The molecular weight excluding hydrogens is 234 g/mol. The molecule has 0 aromatic heterocycles. The van der Waals surface area contributed by atoms with Gasteiger partial charge in [-0.3, -0.25) is 0 Å². The number of aryl methyl sites for hydroxylation is 1. The Labute approximate surface area is 105 Å². The maximum Gasteiger partial charge on any atom is 0.150 e. The zero-order chi connectivity index (χ0) is 11.8. The van der Waals surface area contributed by atoms with Gasteiger partial charge in [0.05, 0.1) is 5.69 Å². The van der Waals surface area contributed by atoms with Crippen molar-refractivity contribution in [2.45, 2.75) is 13.5 Å². The minimum atomic E-state index is 0.687. The van der Waals surface area contributed by atoms with Crippen molar-refractivity contribution < 1.29 is 4.74 Å². The van der Waals surface area contributed by atoms with Crippen LogP contribution in [0.5, 0.6) is 11.5 Å². The van der Waals surface area contributed by atoms with Gasteiger partial charge in [-0.1, -0.05) is 29.8 Å². The first-order valence-electron chi connectivity index (χ1n) is 5.54. The van der Waals surface area contributed by atoms with E-state index in [-0.39, 0.29) is 0 Å². The smallest absolute Gasteiger partial charge is 0.150 e. The lowest BCUT2D eigenvalue weighted by Gasteiger charge is -2.11. The van der Waals surface area contributed by atoms with Crippen LogP contribution < -0.4 is 10.1 Å². The summed E-state index contributed by atoms with van der Waals surface area (Å²) in [6.45, 7) is 2.72. The van der Waals surface area contributed by atoms with Crippen molar-refractivity contribution >= 4 is 17.3 Å². The molecule has 0 fully saturated rings. The lowest BCUT2D eigenvalue weighted by atomic mass is 10.1. The highest BCUT2D eigenvalue weighted by Gasteiger charge is 2.17. The monoisotopic (exact) mass is 245 g/mol. The van der Waals surface area contributed by atoms with Gasteiger partial charge in [-0.05, 0) is 30.7 Å². The van der Waals surface area contributed by atoms with Gasteiger partial charge in [-0.2, -0.15) is 0 Å². The summed E-state index contributed by atoms with van der Waals surface area (Å²) >= 11 is 6.21. The zero-order valence-electron chi connectivity index (χ0n) is 9.46. The highest BCUT2D eigenvalue weighted by atomic mass is 35.5. The molecule has 0 radical (unpaired) electrons. The van der Waals surface area contributed by atoms with Crippen molar-refractivity contribution in [2.75, 3.05) is 5.32 Å². The van der Waals surface area contributed by atoms with Crippen LogP contribution in [0.15, 0.2) is 36.4 Å². The predicted molar refractivity (Wildman–Crippen MR) is 70.0 cm³/mol. The molecule has 0 unspecified atom stereocenters. The third kappa shape index (κ3) is 1.75. The minimum Gasteiger partial charge on any atom is -0.455 e. The quantitative estimate of drug-likeness (QED) is 0.744. The summed E-state index contributed by atoms with van der Waals surface area (Å²) in [4.78, 5) is 0. The minimum absolute atomic E-state index is 0.687. The van der Waals surface area contributed by atoms with Gasteiger partial charge < -0.3 is 10.1 Å². The molecule has 0 spiro atoms. The molecule has 0 saturated heterocycles. The van der Waals surface area contributed by atoms with E-state index < -0.39 is 0 Å². The summed E-state index contributed by atoms with van der Waals surface area (Å²) in [5.41, 5.74) is 3.12. The van der Waals surface area contributed by atoms with Crippen LogP contribution in [0.2, 0.25) is 5.02 Å². The molecular formula is C14H12ClNO. The van der Waals surface area contributed by atoms with Crippen LogP contribution in [-0.2, 0) is 6.54 Å². The average molecular weight is 246 g/mol. The van der Waals surface area contributed by atoms with Crippen molar-refractivity contribution in [3.63, 3.8) is 0 Å². The van der Waals surface area contributed by atoms with E-state index in [0.29, 0.717) is 6.54 Å². The van der Waals surface area contributed by atoms with Crippen LogP contribution in [0.4, 0.5) is 5.69 Å². The van der Waals surface area contributed by atoms with Crippen molar-refractivity contribution in [1.82, 2.24) is 0 Å². The Morgan fingerprint density at radius 2 is 2.00 bits per heavy atom. The Balaban J connectivity index is 2.17. The fourth-order valence-electron chi connectivity index (χ4n) is 2.02. The molecule has 0 saturated carbocycles. The average Bonchev–Trinajstić information content (AvgIpc) is 2.54. The second-order valence-corrected chi connectivity index (χ2v) is 4.53. The molecule has 1 aliphatic rings. The van der Waals surface area contributed by atoms with Crippen LogP contribution in [0.3, 0.4) is 0 Å². The van der Waals surface area contributed by atoms with E-state index >= 15 is 0 Å². The summed E-state index contributed by atoms with van der Waals surface area (Å²) < 4.78 is 5.97. The molecule has 3 heteroatoms. The van der Waals surface area contributed by atoms with E-state index in [0.717, 1.165) is 33.3 Å². The fourth-order valence-corrected chi connectivity index (χ4v) is 2.24. The maximum atomic E-state index is 6.21. The Bertz CT molecular complexity index is 580. The number of rotatable bonds is 0. The van der Waals surface area contributed by atoms with E-state index in [1.807, 2.05) is 43.3 Å². The molecule has 1 N–H and O–H groups in total. The number of hydrogen-bond donors (Lipinski definition) is 1. The number of benzene rings is 2. The first-order valence-corrected chi connectivity index (χ1v) is 5.92. The number of hydrogen-bond acceptors (Lipinski definition) is 2. The van der Waals surface area contributed by atoms with Crippen LogP contribution in [0, 0.1) is 6.92 Å².